The van der Waals surface area contributed by atoms with Gasteiger partial charge in [0.05, 0.1) is 6.33 Å². The van der Waals surface area contributed by atoms with Crippen molar-refractivity contribution in [1.82, 2.24) is 24.4 Å². The Hall–Kier alpha value is -1.81. The van der Waals surface area contributed by atoms with E-state index in [1.54, 1.807) is 6.33 Å². The molecule has 3 rings (SSSR count). The minimum atomic E-state index is -0.0186. The van der Waals surface area contributed by atoms with E-state index in [4.69, 9.17) is 1.37 Å². The molecule has 6 nitrogen and oxygen atoms in total. The van der Waals surface area contributed by atoms with E-state index in [-0.39, 0.29) is 33.4 Å². The van der Waals surface area contributed by atoms with Gasteiger partial charge in [0.15, 0.2) is 0 Å². The summed E-state index contributed by atoms with van der Waals surface area (Å²) in [6.45, 7) is 14.1. The van der Waals surface area contributed by atoms with Crippen LogP contribution in [0, 0.1) is 6.20 Å². The zero-order chi connectivity index (χ0) is 17.9. The van der Waals surface area contributed by atoms with Crippen LogP contribution in [-0.4, -0.2) is 36.2 Å². The SMILES string of the molecule is C=C1N=C(C)C=CN1C(C)C.[3H]c1n[c-]c2ncn(C(C)C)c2n1.[W]. The topological polar surface area (TPSA) is 59.2 Å². The molecule has 0 fully saturated rings. The second-order valence-electron chi connectivity index (χ2n) is 5.84. The molecule has 0 saturated carbocycles. The van der Waals surface area contributed by atoms with Crippen LogP contribution in [0.25, 0.3) is 11.2 Å². The van der Waals surface area contributed by atoms with Gasteiger partial charge in [-0.2, -0.15) is 0 Å². The minimum absolute atomic E-state index is 0. The van der Waals surface area contributed by atoms with Crippen molar-refractivity contribution >= 4 is 16.9 Å². The second-order valence-corrected chi connectivity index (χ2v) is 5.84. The molecule has 128 valence electrons. The first kappa shape index (κ1) is 18.5. The fourth-order valence-corrected chi connectivity index (χ4v) is 2.12. The molecule has 0 amide bonds. The third-order valence-electron chi connectivity index (χ3n) is 3.33. The molecule has 0 aliphatic carbocycles. The molecule has 0 unspecified atom stereocenters. The number of rotatable bonds is 2. The van der Waals surface area contributed by atoms with Gasteiger partial charge in [-0.1, -0.05) is 6.58 Å². The molecule has 2 aromatic heterocycles. The molecule has 2 aromatic rings. The van der Waals surface area contributed by atoms with Crippen molar-refractivity contribution in [2.24, 2.45) is 4.99 Å². The number of aromatic nitrogens is 4. The summed E-state index contributed by atoms with van der Waals surface area (Å²) in [5.41, 5.74) is 2.31. The van der Waals surface area contributed by atoms with Crippen molar-refractivity contribution in [2.45, 2.75) is 46.7 Å². The Morgan fingerprint density at radius 1 is 1.21 bits per heavy atom. The molecule has 1 aliphatic rings. The Morgan fingerprint density at radius 3 is 2.50 bits per heavy atom. The number of allylic oxidation sites excluding steroid dienone is 1. The van der Waals surface area contributed by atoms with Gasteiger partial charge in [-0.05, 0) is 46.9 Å². The Labute approximate surface area is 159 Å². The summed E-state index contributed by atoms with van der Waals surface area (Å²) in [4.78, 5) is 18.0. The van der Waals surface area contributed by atoms with Crippen LogP contribution in [0.15, 0.2) is 42.3 Å². The molecule has 0 aromatic carbocycles. The summed E-state index contributed by atoms with van der Waals surface area (Å²) in [6.07, 6.45) is 8.36. The van der Waals surface area contributed by atoms with Crippen LogP contribution in [0.4, 0.5) is 0 Å². The molecule has 1 aliphatic heterocycles. The van der Waals surface area contributed by atoms with Crippen LogP contribution in [0.3, 0.4) is 0 Å². The van der Waals surface area contributed by atoms with Crippen molar-refractivity contribution in [1.29, 1.82) is 0 Å². The Bertz CT molecular complexity index is 794. The molecular formula is C17H23N6W-. The molecule has 0 saturated heterocycles. The number of imidazole rings is 1. The van der Waals surface area contributed by atoms with Crippen molar-refractivity contribution in [3.05, 3.63) is 43.5 Å². The summed E-state index contributed by atoms with van der Waals surface area (Å²) in [5.74, 6) is 0.833. The molecule has 24 heavy (non-hydrogen) atoms. The van der Waals surface area contributed by atoms with Crippen molar-refractivity contribution in [2.75, 3.05) is 0 Å². The molecule has 0 N–H and O–H groups in total. The van der Waals surface area contributed by atoms with E-state index in [1.807, 2.05) is 42.5 Å². The molecule has 3 heterocycles. The maximum atomic E-state index is 7.26. The monoisotopic (exact) mass is 497 g/mol. The summed E-state index contributed by atoms with van der Waals surface area (Å²) < 4.78 is 9.15. The normalized spacial score (nSPS) is 14.3. The predicted molar refractivity (Wildman–Crippen MR) is 92.9 cm³/mol. The molecule has 0 bridgehead atoms. The van der Waals surface area contributed by atoms with Gasteiger partial charge in [-0.25, -0.2) is 4.99 Å². The summed E-state index contributed by atoms with van der Waals surface area (Å²) in [7, 11) is 0. The summed E-state index contributed by atoms with van der Waals surface area (Å²) in [6, 6.07) is 0.725. The minimum Gasteiger partial charge on any atom is -0.374 e. The molecular weight excluding hydrogens is 472 g/mol. The predicted octanol–water partition coefficient (Wildman–Crippen LogP) is 3.36. The van der Waals surface area contributed by atoms with Gasteiger partial charge >= 0.3 is 0 Å². The van der Waals surface area contributed by atoms with Crippen LogP contribution < -0.4 is 0 Å². The van der Waals surface area contributed by atoms with E-state index in [2.05, 4.69) is 46.6 Å². The number of nitrogens with zero attached hydrogens (tertiary/aromatic N) is 6. The van der Waals surface area contributed by atoms with E-state index < -0.39 is 0 Å². The van der Waals surface area contributed by atoms with Gasteiger partial charge in [-0.15, -0.1) is 0 Å². The van der Waals surface area contributed by atoms with E-state index in [0.717, 1.165) is 11.5 Å². The molecule has 7 heteroatoms. The van der Waals surface area contributed by atoms with Crippen LogP contribution >= 0.6 is 0 Å². The first-order valence-electron chi connectivity index (χ1n) is 8.09. The van der Waals surface area contributed by atoms with Crippen LogP contribution in [0.2, 0.25) is 0 Å². The Balaban J connectivity index is 0.000000244. The average molecular weight is 497 g/mol. The average Bonchev–Trinajstić information content (AvgIpc) is 2.90. The van der Waals surface area contributed by atoms with Crippen LogP contribution in [-0.2, 0) is 21.1 Å². The van der Waals surface area contributed by atoms with E-state index in [9.17, 15) is 0 Å². The van der Waals surface area contributed by atoms with Gasteiger partial charge in [0.1, 0.15) is 5.82 Å². The maximum absolute atomic E-state index is 7.26. The fraction of sp³-hybridized carbons (Fsp3) is 0.412. The van der Waals surface area contributed by atoms with Crippen molar-refractivity contribution < 1.29 is 22.4 Å². The molecule has 0 radical (unpaired) electrons. The van der Waals surface area contributed by atoms with Crippen molar-refractivity contribution in [3.63, 3.8) is 0 Å². The molecule has 0 spiro atoms. The summed E-state index contributed by atoms with van der Waals surface area (Å²) >= 11 is 0. The Morgan fingerprint density at radius 2 is 1.92 bits per heavy atom. The van der Waals surface area contributed by atoms with Crippen molar-refractivity contribution in [3.8, 4) is 0 Å². The van der Waals surface area contributed by atoms with E-state index in [1.165, 1.54) is 0 Å². The number of aliphatic imine (C=N–C) groups is 1. The van der Waals surface area contributed by atoms with E-state index in [0.29, 0.717) is 17.2 Å². The van der Waals surface area contributed by atoms with Crippen LogP contribution in [0.1, 0.15) is 42.0 Å². The van der Waals surface area contributed by atoms with E-state index >= 15 is 0 Å². The number of hydrogen-bond acceptors (Lipinski definition) is 5. The van der Waals surface area contributed by atoms with Gasteiger partial charge in [0, 0.05) is 63.9 Å². The third kappa shape index (κ3) is 4.84. The molecule has 0 atom stereocenters. The maximum Gasteiger partial charge on any atom is 0.125 e. The second kappa shape index (κ2) is 8.88. The van der Waals surface area contributed by atoms with Gasteiger partial charge in [-0.3, -0.25) is 4.98 Å². The van der Waals surface area contributed by atoms with Gasteiger partial charge in [0.25, 0.3) is 0 Å². The smallest absolute Gasteiger partial charge is 0.125 e. The van der Waals surface area contributed by atoms with Gasteiger partial charge in [0.2, 0.25) is 0 Å². The third-order valence-corrected chi connectivity index (χ3v) is 3.33. The van der Waals surface area contributed by atoms with Crippen LogP contribution in [0.5, 0.6) is 0 Å². The quantitative estimate of drug-likeness (QED) is 0.598. The zero-order valence-corrected chi connectivity index (χ0v) is 17.6. The number of fused-ring (bicyclic) bond motifs is 1. The first-order chi connectivity index (χ1) is 11.3. The standard InChI is InChI=1S/C9H14N2.C8H9N4.W/c1-7(2)11-6-5-8(3)10-9(11)4;1-6(2)12-5-11-7-3-9-4-10-8(7)12;/h5-7H,4H2,1-3H3;4-6H,1-2H3;/q;-1;/i;4T;. The largest absolute Gasteiger partial charge is 0.374 e. The zero-order valence-electron chi connectivity index (χ0n) is 15.7. The summed E-state index contributed by atoms with van der Waals surface area (Å²) in [5, 5.41) is 0. The first-order valence-corrected chi connectivity index (χ1v) is 7.59. The number of hydrogen-bond donors (Lipinski definition) is 0. The Kier molecular flexibility index (Phi) is 6.85. The van der Waals surface area contributed by atoms with Gasteiger partial charge < -0.3 is 19.4 Å². The fourth-order valence-electron chi connectivity index (χ4n) is 2.12.